The Balaban J connectivity index is 1.35. The Hall–Kier alpha value is -2.04. The number of carbonyl (C=O) groups is 2. The number of rotatable bonds is 4. The summed E-state index contributed by atoms with van der Waals surface area (Å²) in [4.78, 5) is 29.2. The van der Waals surface area contributed by atoms with Gasteiger partial charge in [0.2, 0.25) is 11.8 Å². The molecule has 0 aliphatic carbocycles. The molecule has 1 aromatic rings. The number of hydrogen-bond acceptors (Lipinski definition) is 3. The Morgan fingerprint density at radius 2 is 2.00 bits per heavy atom. The average molecular weight is 356 g/mol. The van der Waals surface area contributed by atoms with Crippen molar-refractivity contribution >= 4 is 11.8 Å². The number of methoxy groups -OCH3 is 1. The van der Waals surface area contributed by atoms with Crippen molar-refractivity contribution in [2.45, 2.75) is 44.6 Å². The molecule has 2 bridgehead atoms. The van der Waals surface area contributed by atoms with E-state index in [-0.39, 0.29) is 5.91 Å². The number of piperidine rings is 3. The largest absolute Gasteiger partial charge is 0.497 e. The first-order valence-corrected chi connectivity index (χ1v) is 9.84. The van der Waals surface area contributed by atoms with Gasteiger partial charge in [-0.1, -0.05) is 12.1 Å². The molecule has 140 valence electrons. The van der Waals surface area contributed by atoms with Crippen molar-refractivity contribution in [1.29, 1.82) is 0 Å². The first kappa shape index (κ1) is 17.4. The molecule has 0 saturated carbocycles. The van der Waals surface area contributed by atoms with Gasteiger partial charge < -0.3 is 14.5 Å². The zero-order valence-electron chi connectivity index (χ0n) is 15.5. The van der Waals surface area contributed by atoms with Crippen LogP contribution in [0.25, 0.3) is 0 Å². The summed E-state index contributed by atoms with van der Waals surface area (Å²) in [7, 11) is 1.66. The first-order valence-electron chi connectivity index (χ1n) is 9.84. The van der Waals surface area contributed by atoms with Gasteiger partial charge in [-0.2, -0.15) is 0 Å². The number of amides is 2. The molecule has 3 fully saturated rings. The van der Waals surface area contributed by atoms with Gasteiger partial charge in [0.1, 0.15) is 5.75 Å². The quantitative estimate of drug-likeness (QED) is 0.833. The fraction of sp³-hybridized carbons (Fsp3) is 0.619. The molecule has 0 spiro atoms. The molecule has 3 atom stereocenters. The Labute approximate surface area is 155 Å². The topological polar surface area (TPSA) is 49.9 Å². The van der Waals surface area contributed by atoms with E-state index in [0.29, 0.717) is 36.6 Å². The lowest BCUT2D eigenvalue weighted by atomic mass is 9.76. The van der Waals surface area contributed by atoms with Gasteiger partial charge in [0.25, 0.3) is 0 Å². The van der Waals surface area contributed by atoms with Gasteiger partial charge in [-0.25, -0.2) is 0 Å². The molecule has 26 heavy (non-hydrogen) atoms. The summed E-state index contributed by atoms with van der Waals surface area (Å²) in [6.45, 7) is 2.49. The fourth-order valence-corrected chi connectivity index (χ4v) is 5.02. The SMILES string of the molecule is COc1ccc(CCC(=O)N2C[C@H]3C[C@H](C2)[C@H]2CCCC(=O)N2C3)cc1. The van der Waals surface area contributed by atoms with Crippen molar-refractivity contribution < 1.29 is 14.3 Å². The lowest BCUT2D eigenvalue weighted by molar-refractivity contribution is -0.148. The van der Waals surface area contributed by atoms with Crippen molar-refractivity contribution in [1.82, 2.24) is 9.80 Å². The number of hydrogen-bond donors (Lipinski definition) is 0. The molecule has 3 heterocycles. The van der Waals surface area contributed by atoms with Crippen LogP contribution in [0.15, 0.2) is 24.3 Å². The van der Waals surface area contributed by atoms with Gasteiger partial charge in [-0.3, -0.25) is 9.59 Å². The van der Waals surface area contributed by atoms with Crippen LogP contribution in [0.1, 0.15) is 37.7 Å². The van der Waals surface area contributed by atoms with E-state index in [2.05, 4.69) is 9.80 Å². The third-order valence-corrected chi connectivity index (χ3v) is 6.32. The fourth-order valence-electron chi connectivity index (χ4n) is 5.02. The predicted octanol–water partition coefficient (Wildman–Crippen LogP) is 2.49. The minimum Gasteiger partial charge on any atom is -0.497 e. The van der Waals surface area contributed by atoms with Crippen LogP contribution in [-0.4, -0.2) is 54.4 Å². The Morgan fingerprint density at radius 3 is 2.77 bits per heavy atom. The number of likely N-dealkylation sites (tertiary alicyclic amines) is 1. The molecule has 3 aliphatic heterocycles. The highest BCUT2D eigenvalue weighted by atomic mass is 16.5. The van der Waals surface area contributed by atoms with E-state index in [9.17, 15) is 9.59 Å². The second kappa shape index (κ2) is 7.29. The van der Waals surface area contributed by atoms with Gasteiger partial charge in [-0.05, 0) is 55.2 Å². The van der Waals surface area contributed by atoms with Crippen LogP contribution in [0.4, 0.5) is 0 Å². The molecule has 5 heteroatoms. The monoisotopic (exact) mass is 356 g/mol. The smallest absolute Gasteiger partial charge is 0.222 e. The lowest BCUT2D eigenvalue weighted by Gasteiger charge is -2.52. The van der Waals surface area contributed by atoms with E-state index in [1.165, 1.54) is 12.0 Å². The van der Waals surface area contributed by atoms with Crippen molar-refractivity contribution in [3.63, 3.8) is 0 Å². The summed E-state index contributed by atoms with van der Waals surface area (Å²) in [6, 6.07) is 8.31. The van der Waals surface area contributed by atoms with Crippen LogP contribution < -0.4 is 4.74 Å². The number of fused-ring (bicyclic) bond motifs is 4. The molecule has 4 rings (SSSR count). The van der Waals surface area contributed by atoms with E-state index < -0.39 is 0 Å². The molecule has 3 aliphatic rings. The highest BCUT2D eigenvalue weighted by Crippen LogP contribution is 2.38. The van der Waals surface area contributed by atoms with Gasteiger partial charge in [-0.15, -0.1) is 0 Å². The third-order valence-electron chi connectivity index (χ3n) is 6.32. The maximum atomic E-state index is 12.8. The van der Waals surface area contributed by atoms with Gasteiger partial charge in [0, 0.05) is 38.5 Å². The summed E-state index contributed by atoms with van der Waals surface area (Å²) in [5.41, 5.74) is 1.17. The van der Waals surface area contributed by atoms with Gasteiger partial charge in [0.15, 0.2) is 0 Å². The Bertz CT molecular complexity index is 672. The van der Waals surface area contributed by atoms with Crippen LogP contribution in [-0.2, 0) is 16.0 Å². The number of ether oxygens (including phenoxy) is 1. The second-order valence-electron chi connectivity index (χ2n) is 8.01. The normalized spacial score (nSPS) is 27.9. The Morgan fingerprint density at radius 1 is 1.19 bits per heavy atom. The highest BCUT2D eigenvalue weighted by Gasteiger charge is 2.44. The lowest BCUT2D eigenvalue weighted by Crippen LogP contribution is -2.61. The van der Waals surface area contributed by atoms with Crippen molar-refractivity contribution in [3.8, 4) is 5.75 Å². The average Bonchev–Trinajstić information content (AvgIpc) is 2.67. The number of aryl methyl sites for hydroxylation is 1. The van der Waals surface area contributed by atoms with Crippen molar-refractivity contribution in [2.24, 2.45) is 11.8 Å². The summed E-state index contributed by atoms with van der Waals surface area (Å²) in [6.07, 6.45) is 5.32. The van der Waals surface area contributed by atoms with E-state index in [0.717, 1.165) is 44.6 Å². The van der Waals surface area contributed by atoms with Gasteiger partial charge in [0.05, 0.1) is 7.11 Å². The Kier molecular flexibility index (Phi) is 4.88. The van der Waals surface area contributed by atoms with Crippen LogP contribution in [0.3, 0.4) is 0 Å². The maximum Gasteiger partial charge on any atom is 0.222 e. The molecule has 0 radical (unpaired) electrons. The zero-order chi connectivity index (χ0) is 18.1. The summed E-state index contributed by atoms with van der Waals surface area (Å²) >= 11 is 0. The van der Waals surface area contributed by atoms with E-state index >= 15 is 0 Å². The molecule has 0 unspecified atom stereocenters. The van der Waals surface area contributed by atoms with E-state index in [4.69, 9.17) is 4.74 Å². The minimum atomic E-state index is 0.256. The molecule has 5 nitrogen and oxygen atoms in total. The number of nitrogens with zero attached hydrogens (tertiary/aromatic N) is 2. The van der Waals surface area contributed by atoms with Gasteiger partial charge >= 0.3 is 0 Å². The second-order valence-corrected chi connectivity index (χ2v) is 8.01. The molecule has 2 amide bonds. The number of benzene rings is 1. The number of carbonyl (C=O) groups excluding carboxylic acids is 2. The van der Waals surface area contributed by atoms with Crippen molar-refractivity contribution in [3.05, 3.63) is 29.8 Å². The summed E-state index contributed by atoms with van der Waals surface area (Å²) in [5, 5.41) is 0. The highest BCUT2D eigenvalue weighted by molar-refractivity contribution is 5.78. The maximum absolute atomic E-state index is 12.8. The minimum absolute atomic E-state index is 0.256. The zero-order valence-corrected chi connectivity index (χ0v) is 15.5. The van der Waals surface area contributed by atoms with Crippen LogP contribution in [0, 0.1) is 11.8 Å². The van der Waals surface area contributed by atoms with Crippen LogP contribution in [0.2, 0.25) is 0 Å². The molecule has 0 N–H and O–H groups in total. The van der Waals surface area contributed by atoms with E-state index in [1.54, 1.807) is 7.11 Å². The molecule has 0 aromatic heterocycles. The third kappa shape index (κ3) is 3.44. The van der Waals surface area contributed by atoms with Crippen molar-refractivity contribution in [2.75, 3.05) is 26.7 Å². The van der Waals surface area contributed by atoms with Crippen LogP contribution in [0.5, 0.6) is 5.75 Å². The van der Waals surface area contributed by atoms with E-state index in [1.807, 2.05) is 24.3 Å². The predicted molar refractivity (Wildman–Crippen MR) is 98.8 cm³/mol. The first-order chi connectivity index (χ1) is 12.6. The molecule has 3 saturated heterocycles. The summed E-state index contributed by atoms with van der Waals surface area (Å²) < 4.78 is 5.18. The van der Waals surface area contributed by atoms with Crippen LogP contribution >= 0.6 is 0 Å². The molecular formula is C21H28N2O3. The molecular weight excluding hydrogens is 328 g/mol. The standard InChI is InChI=1S/C21H28N2O3/c1-26-18-8-5-15(6-9-18)7-10-20(24)22-12-16-11-17(14-22)19-3-2-4-21(25)23(19)13-16/h5-6,8-9,16-17,19H,2-4,7,10-14H2,1H3/t16-,17-,19-/m1/s1. The molecule has 1 aromatic carbocycles. The summed E-state index contributed by atoms with van der Waals surface area (Å²) in [5.74, 6) is 2.35.